The second kappa shape index (κ2) is 8.62. The molecule has 0 unspecified atom stereocenters. The fraction of sp³-hybridized carbons (Fsp3) is 0.389. The molecule has 0 saturated heterocycles. The maximum absolute atomic E-state index is 13.8. The average Bonchev–Trinajstić information content (AvgIpc) is 2.69. The molecule has 0 fully saturated rings. The molecule has 0 saturated carbocycles. The van der Waals surface area contributed by atoms with Crippen LogP contribution in [0.1, 0.15) is 18.5 Å². The number of rotatable bonds is 5. The Morgan fingerprint density at radius 1 is 1.23 bits per heavy atom. The van der Waals surface area contributed by atoms with Crippen molar-refractivity contribution < 1.29 is 27.3 Å². The quantitative estimate of drug-likeness (QED) is 0.655. The molecule has 3 rings (SSSR count). The molecule has 13 heteroatoms. The maximum atomic E-state index is 13.8. The molecule has 2 aromatic rings. The first-order valence-corrected chi connectivity index (χ1v) is 11.5. The highest BCUT2D eigenvalue weighted by Crippen LogP contribution is 2.41. The van der Waals surface area contributed by atoms with Crippen LogP contribution >= 0.6 is 23.2 Å². The highest BCUT2D eigenvalue weighted by atomic mass is 35.5. The van der Waals surface area contributed by atoms with Crippen LogP contribution in [0.15, 0.2) is 35.0 Å². The minimum absolute atomic E-state index is 0.0436. The number of benzene rings is 1. The lowest BCUT2D eigenvalue weighted by atomic mass is 9.96. The highest BCUT2D eigenvalue weighted by Gasteiger charge is 2.56. The molecule has 0 bridgehead atoms. The molecule has 0 spiro atoms. The number of aliphatic hydroxyl groups is 1. The summed E-state index contributed by atoms with van der Waals surface area (Å²) in [4.78, 5) is 19.3. The Kier molecular flexibility index (Phi) is 6.64. The molecule has 1 aromatic carbocycles. The second-order valence-electron chi connectivity index (χ2n) is 7.02. The van der Waals surface area contributed by atoms with Gasteiger partial charge in [-0.25, -0.2) is 4.21 Å². The van der Waals surface area contributed by atoms with Gasteiger partial charge in [-0.15, -0.1) is 0 Å². The molecule has 0 aliphatic carbocycles. The van der Waals surface area contributed by atoms with Gasteiger partial charge in [0.25, 0.3) is 5.91 Å². The van der Waals surface area contributed by atoms with Gasteiger partial charge in [0.1, 0.15) is 0 Å². The van der Waals surface area contributed by atoms with Crippen LogP contribution < -0.4 is 5.73 Å². The molecule has 7 nitrogen and oxygen atoms in total. The third kappa shape index (κ3) is 5.01. The Balaban J connectivity index is 1.91. The fourth-order valence-electron chi connectivity index (χ4n) is 2.96. The first kappa shape index (κ1) is 23.9. The number of halogens is 5. The van der Waals surface area contributed by atoms with Crippen LogP contribution in [0.25, 0.3) is 11.3 Å². The molecule has 1 amide bonds. The van der Waals surface area contributed by atoms with Crippen molar-refractivity contribution in [3.8, 4) is 11.3 Å². The number of carbonyl (C=O) groups is 1. The van der Waals surface area contributed by atoms with E-state index in [0.717, 1.165) is 12.4 Å². The molecule has 2 heterocycles. The van der Waals surface area contributed by atoms with Gasteiger partial charge < -0.3 is 10.8 Å². The summed E-state index contributed by atoms with van der Waals surface area (Å²) in [6.45, 7) is 0. The summed E-state index contributed by atoms with van der Waals surface area (Å²) < 4.78 is 57.5. The molecule has 0 radical (unpaired) electrons. The van der Waals surface area contributed by atoms with Crippen LogP contribution in [0.3, 0.4) is 0 Å². The Labute approximate surface area is 186 Å². The minimum atomic E-state index is -5.15. The summed E-state index contributed by atoms with van der Waals surface area (Å²) >= 11 is 11.9. The minimum Gasteiger partial charge on any atom is -0.375 e. The Morgan fingerprint density at radius 3 is 2.48 bits per heavy atom. The Morgan fingerprint density at radius 2 is 1.94 bits per heavy atom. The van der Waals surface area contributed by atoms with Crippen molar-refractivity contribution in [1.82, 2.24) is 9.97 Å². The Bertz CT molecular complexity index is 1120. The molecule has 168 valence electrons. The lowest BCUT2D eigenvalue weighted by Crippen LogP contribution is -2.45. The van der Waals surface area contributed by atoms with E-state index in [9.17, 15) is 27.3 Å². The third-order valence-electron chi connectivity index (χ3n) is 4.86. The fourth-order valence-corrected chi connectivity index (χ4v) is 5.55. The van der Waals surface area contributed by atoms with Crippen LogP contribution in [0.5, 0.6) is 0 Å². The van der Waals surface area contributed by atoms with Crippen LogP contribution in [-0.4, -0.2) is 48.9 Å². The normalized spacial score (nSPS) is 23.8. The number of aromatic nitrogens is 2. The summed E-state index contributed by atoms with van der Waals surface area (Å²) in [6.07, 6.45) is -4.31. The predicted molar refractivity (Wildman–Crippen MR) is 110 cm³/mol. The molecule has 31 heavy (non-hydrogen) atoms. The number of amides is 1. The lowest BCUT2D eigenvalue weighted by molar-refractivity contribution is -0.269. The van der Waals surface area contributed by atoms with E-state index >= 15 is 0 Å². The summed E-state index contributed by atoms with van der Waals surface area (Å²) in [7, 11) is -3.28. The smallest absolute Gasteiger partial charge is 0.375 e. The van der Waals surface area contributed by atoms with Gasteiger partial charge in [0.15, 0.2) is 0 Å². The standard InChI is InChI=1S/C18H17Cl2F3N4O3S/c19-10-1-2-11(12(20)7-10)14-8-26-15(9-25-14)17(29,18(21,22)23)4-6-31(30)5-3-13(24)16(28)27-31/h1-2,7-9,13,29H,3-6,24H2/t13-,17-,31+/m0/s1. The zero-order valence-electron chi connectivity index (χ0n) is 15.8. The van der Waals surface area contributed by atoms with Crippen molar-refractivity contribution in [2.24, 2.45) is 10.1 Å². The van der Waals surface area contributed by atoms with E-state index in [1.54, 1.807) is 0 Å². The topological polar surface area (TPSA) is 119 Å². The third-order valence-corrected chi connectivity index (χ3v) is 7.63. The van der Waals surface area contributed by atoms with Gasteiger partial charge in [0.05, 0.1) is 44.6 Å². The highest BCUT2D eigenvalue weighted by molar-refractivity contribution is 7.93. The maximum Gasteiger partial charge on any atom is 0.423 e. The van der Waals surface area contributed by atoms with Gasteiger partial charge in [-0.05, 0) is 24.6 Å². The molecule has 1 aromatic heterocycles. The van der Waals surface area contributed by atoms with Crippen molar-refractivity contribution in [2.45, 2.75) is 30.7 Å². The average molecular weight is 497 g/mol. The number of carbonyl (C=O) groups excluding carboxylic acids is 1. The van der Waals surface area contributed by atoms with E-state index in [1.807, 2.05) is 0 Å². The van der Waals surface area contributed by atoms with Crippen molar-refractivity contribution >= 4 is 38.8 Å². The largest absolute Gasteiger partial charge is 0.423 e. The van der Waals surface area contributed by atoms with Crippen LogP contribution in [-0.2, 0) is 20.1 Å². The number of hydrogen-bond acceptors (Lipinski definition) is 6. The molecule has 3 N–H and O–H groups in total. The van der Waals surface area contributed by atoms with E-state index in [-0.39, 0.29) is 22.9 Å². The second-order valence-corrected chi connectivity index (χ2v) is 10.4. The number of nitrogens with two attached hydrogens (primary N) is 1. The van der Waals surface area contributed by atoms with Gasteiger partial charge in [0, 0.05) is 28.5 Å². The SMILES string of the molecule is N[C@H]1CC[S@@](=O)(CC[C@](O)(c2cnc(-c3ccc(Cl)cc3Cl)cn2)C(F)(F)F)=NC1=O. The van der Waals surface area contributed by atoms with Crippen molar-refractivity contribution in [1.29, 1.82) is 0 Å². The lowest BCUT2D eigenvalue weighted by Gasteiger charge is -2.30. The van der Waals surface area contributed by atoms with E-state index in [0.29, 0.717) is 10.6 Å². The summed E-state index contributed by atoms with van der Waals surface area (Å²) in [5, 5.41) is 11.1. The molecular formula is C18H17Cl2F3N4O3S. The first-order chi connectivity index (χ1) is 14.3. The summed E-state index contributed by atoms with van der Waals surface area (Å²) in [5.74, 6) is -1.61. The predicted octanol–water partition coefficient (Wildman–Crippen LogP) is 3.32. The van der Waals surface area contributed by atoms with Gasteiger partial charge in [-0.2, -0.15) is 17.5 Å². The van der Waals surface area contributed by atoms with E-state index in [1.165, 1.54) is 18.2 Å². The van der Waals surface area contributed by atoms with Gasteiger partial charge in [-0.3, -0.25) is 14.8 Å². The van der Waals surface area contributed by atoms with Gasteiger partial charge in [0.2, 0.25) is 5.60 Å². The van der Waals surface area contributed by atoms with Crippen LogP contribution in [0.4, 0.5) is 13.2 Å². The number of hydrogen-bond donors (Lipinski definition) is 2. The molecule has 1 aliphatic rings. The zero-order chi connectivity index (χ0) is 23.0. The Hall–Kier alpha value is -1.79. The van der Waals surface area contributed by atoms with Crippen LogP contribution in [0, 0.1) is 0 Å². The molecule has 3 atom stereocenters. The number of alkyl halides is 3. The monoisotopic (exact) mass is 496 g/mol. The van der Waals surface area contributed by atoms with Gasteiger partial charge >= 0.3 is 6.18 Å². The zero-order valence-corrected chi connectivity index (χ0v) is 18.1. The molecule has 1 aliphatic heterocycles. The van der Waals surface area contributed by atoms with Crippen molar-refractivity contribution in [3.63, 3.8) is 0 Å². The molecular weight excluding hydrogens is 480 g/mol. The van der Waals surface area contributed by atoms with Crippen LogP contribution in [0.2, 0.25) is 10.0 Å². The van der Waals surface area contributed by atoms with Crippen molar-refractivity contribution in [3.05, 3.63) is 46.3 Å². The van der Waals surface area contributed by atoms with E-state index in [2.05, 4.69) is 14.3 Å². The number of nitrogens with zero attached hydrogens (tertiary/aromatic N) is 3. The van der Waals surface area contributed by atoms with E-state index < -0.39 is 51.3 Å². The van der Waals surface area contributed by atoms with Gasteiger partial charge in [-0.1, -0.05) is 23.2 Å². The van der Waals surface area contributed by atoms with Crippen molar-refractivity contribution in [2.75, 3.05) is 11.5 Å². The first-order valence-electron chi connectivity index (χ1n) is 8.94. The van der Waals surface area contributed by atoms with E-state index in [4.69, 9.17) is 28.9 Å². The summed E-state index contributed by atoms with van der Waals surface area (Å²) in [6, 6.07) is 3.58. The summed E-state index contributed by atoms with van der Waals surface area (Å²) in [5.41, 5.74) is 1.83.